The minimum atomic E-state index is -1.92. The maximum Gasteiger partial charge on any atom is 0.192 e. The first-order chi connectivity index (χ1) is 12.5. The third-order valence-electron chi connectivity index (χ3n) is 6.60. The van der Waals surface area contributed by atoms with Crippen molar-refractivity contribution in [2.75, 3.05) is 6.61 Å². The SMILES string of the molecule is CC(C)(C)[Si](C)(C)OC[C@H]1O[C@@H](n2cnc3c(Cl)ncnc32)[C@]2(F)CC[C@H]12. The highest BCUT2D eigenvalue weighted by molar-refractivity contribution is 6.74. The number of aromatic nitrogens is 4. The monoisotopic (exact) mass is 412 g/mol. The number of nitrogens with zero attached hydrogens (tertiary/aromatic N) is 4. The van der Waals surface area contributed by atoms with Crippen molar-refractivity contribution in [2.24, 2.45) is 5.92 Å². The Hall–Kier alpha value is -1.09. The molecule has 27 heavy (non-hydrogen) atoms. The zero-order valence-corrected chi connectivity index (χ0v) is 18.1. The summed E-state index contributed by atoms with van der Waals surface area (Å²) in [5.74, 6) is -0.165. The predicted octanol–water partition coefficient (Wildman–Crippen LogP) is 4.52. The molecule has 1 saturated carbocycles. The third kappa shape index (κ3) is 2.92. The number of alkyl halides is 1. The lowest BCUT2D eigenvalue weighted by Crippen LogP contribution is -2.49. The van der Waals surface area contributed by atoms with Crippen LogP contribution in [0, 0.1) is 5.92 Å². The van der Waals surface area contributed by atoms with Crippen molar-refractivity contribution in [1.29, 1.82) is 0 Å². The van der Waals surface area contributed by atoms with Gasteiger partial charge < -0.3 is 9.16 Å². The van der Waals surface area contributed by atoms with Gasteiger partial charge in [-0.05, 0) is 31.0 Å². The molecule has 4 atom stereocenters. The van der Waals surface area contributed by atoms with Gasteiger partial charge in [0.15, 0.2) is 31.0 Å². The summed E-state index contributed by atoms with van der Waals surface area (Å²) in [4.78, 5) is 12.4. The minimum Gasteiger partial charge on any atom is -0.414 e. The summed E-state index contributed by atoms with van der Waals surface area (Å²) in [6.45, 7) is 11.4. The number of halogens is 2. The Morgan fingerprint density at radius 2 is 2.11 bits per heavy atom. The van der Waals surface area contributed by atoms with E-state index in [2.05, 4.69) is 48.8 Å². The van der Waals surface area contributed by atoms with Crippen LogP contribution in [-0.4, -0.2) is 46.2 Å². The van der Waals surface area contributed by atoms with Gasteiger partial charge in [0.2, 0.25) is 0 Å². The Morgan fingerprint density at radius 3 is 2.74 bits per heavy atom. The van der Waals surface area contributed by atoms with Crippen LogP contribution in [0.25, 0.3) is 11.2 Å². The van der Waals surface area contributed by atoms with Crippen molar-refractivity contribution in [3.05, 3.63) is 17.8 Å². The van der Waals surface area contributed by atoms with Gasteiger partial charge in [-0.15, -0.1) is 0 Å². The molecule has 1 aliphatic carbocycles. The fourth-order valence-corrected chi connectivity index (χ4v) is 4.91. The van der Waals surface area contributed by atoms with Crippen LogP contribution in [0.15, 0.2) is 12.7 Å². The summed E-state index contributed by atoms with van der Waals surface area (Å²) in [6.07, 6.45) is 3.15. The van der Waals surface area contributed by atoms with Crippen molar-refractivity contribution >= 4 is 31.1 Å². The molecule has 4 rings (SSSR count). The molecule has 2 aliphatic rings. The predicted molar refractivity (Wildman–Crippen MR) is 104 cm³/mol. The molecular formula is C18H26ClFN4O2Si. The fraction of sp³-hybridized carbons (Fsp3) is 0.722. The Bertz CT molecular complexity index is 871. The van der Waals surface area contributed by atoms with Gasteiger partial charge in [0.05, 0.1) is 19.0 Å². The van der Waals surface area contributed by atoms with E-state index in [0.717, 1.165) is 6.42 Å². The number of imidazole rings is 1. The quantitative estimate of drug-likeness (QED) is 0.545. The molecule has 0 unspecified atom stereocenters. The van der Waals surface area contributed by atoms with Crippen molar-refractivity contribution < 1.29 is 13.6 Å². The molecule has 2 aromatic heterocycles. The van der Waals surface area contributed by atoms with Crippen LogP contribution in [0.5, 0.6) is 0 Å². The molecule has 0 spiro atoms. The van der Waals surface area contributed by atoms with Gasteiger partial charge in [0, 0.05) is 5.92 Å². The van der Waals surface area contributed by atoms with Gasteiger partial charge in [0.1, 0.15) is 11.8 Å². The second-order valence-electron chi connectivity index (χ2n) is 9.16. The summed E-state index contributed by atoms with van der Waals surface area (Å²) in [5.41, 5.74) is -0.469. The molecule has 0 bridgehead atoms. The van der Waals surface area contributed by atoms with Gasteiger partial charge >= 0.3 is 0 Å². The summed E-state index contributed by atoms with van der Waals surface area (Å²) in [6, 6.07) is 0. The van der Waals surface area contributed by atoms with Crippen LogP contribution in [0.2, 0.25) is 23.3 Å². The van der Waals surface area contributed by atoms with Crippen molar-refractivity contribution in [2.45, 2.75) is 69.7 Å². The average molecular weight is 413 g/mol. The van der Waals surface area contributed by atoms with E-state index >= 15 is 4.39 Å². The summed E-state index contributed by atoms with van der Waals surface area (Å²) in [5, 5.41) is 0.360. The van der Waals surface area contributed by atoms with Crippen LogP contribution in [0.4, 0.5) is 4.39 Å². The van der Waals surface area contributed by atoms with Crippen LogP contribution >= 0.6 is 11.6 Å². The van der Waals surface area contributed by atoms with Gasteiger partial charge in [-0.3, -0.25) is 4.57 Å². The molecule has 0 amide bonds. The second kappa shape index (κ2) is 6.20. The molecule has 148 valence electrons. The number of hydrogen-bond donors (Lipinski definition) is 0. The Kier molecular flexibility index (Phi) is 4.42. The first-order valence-electron chi connectivity index (χ1n) is 9.36. The minimum absolute atomic E-state index is 0.103. The first-order valence-corrected chi connectivity index (χ1v) is 12.6. The molecular weight excluding hydrogens is 387 g/mol. The molecule has 0 aromatic carbocycles. The Labute approximate surface area is 164 Å². The van der Waals surface area contributed by atoms with Crippen molar-refractivity contribution in [3.8, 4) is 0 Å². The number of hydrogen-bond acceptors (Lipinski definition) is 5. The molecule has 0 radical (unpaired) electrons. The normalized spacial score (nSPS) is 31.1. The average Bonchev–Trinajstić information content (AvgIpc) is 3.06. The Morgan fingerprint density at radius 1 is 1.37 bits per heavy atom. The standard InChI is InChI=1S/C18H26ClFN4O2Si/c1-17(2,3)27(4,5)25-8-12-11-6-7-18(11,20)16(26-12)24-10-23-13-14(19)21-9-22-15(13)24/h9-12,16H,6-8H2,1-5H3/t11-,12-,16-,18+/m1/s1. The van der Waals surface area contributed by atoms with E-state index in [-0.39, 0.29) is 22.2 Å². The molecule has 9 heteroatoms. The second-order valence-corrected chi connectivity index (χ2v) is 14.3. The summed E-state index contributed by atoms with van der Waals surface area (Å²) < 4.78 is 29.9. The highest BCUT2D eigenvalue weighted by Crippen LogP contribution is 2.58. The van der Waals surface area contributed by atoms with E-state index in [1.54, 1.807) is 10.9 Å². The Balaban J connectivity index is 1.58. The zero-order valence-electron chi connectivity index (χ0n) is 16.4. The van der Waals surface area contributed by atoms with Crippen molar-refractivity contribution in [1.82, 2.24) is 19.5 Å². The third-order valence-corrected chi connectivity index (χ3v) is 11.4. The van der Waals surface area contributed by atoms with Crippen LogP contribution < -0.4 is 0 Å². The number of ether oxygens (including phenoxy) is 1. The largest absolute Gasteiger partial charge is 0.414 e. The molecule has 2 aromatic rings. The molecule has 1 saturated heterocycles. The van der Waals surface area contributed by atoms with E-state index < -0.39 is 20.2 Å². The van der Waals surface area contributed by atoms with Crippen LogP contribution in [-0.2, 0) is 9.16 Å². The smallest absolute Gasteiger partial charge is 0.192 e. The first kappa shape index (κ1) is 19.2. The lowest BCUT2D eigenvalue weighted by Gasteiger charge is -2.41. The van der Waals surface area contributed by atoms with E-state index in [4.69, 9.17) is 20.8 Å². The van der Waals surface area contributed by atoms with Gasteiger partial charge in [-0.25, -0.2) is 19.3 Å². The van der Waals surface area contributed by atoms with Crippen LogP contribution in [0.1, 0.15) is 39.8 Å². The van der Waals surface area contributed by atoms with Gasteiger partial charge in [-0.2, -0.15) is 0 Å². The highest BCUT2D eigenvalue weighted by Gasteiger charge is 2.64. The molecule has 2 fully saturated rings. The van der Waals surface area contributed by atoms with Crippen molar-refractivity contribution in [3.63, 3.8) is 0 Å². The maximum absolute atomic E-state index is 15.8. The number of rotatable bonds is 4. The lowest BCUT2D eigenvalue weighted by atomic mass is 9.69. The molecule has 1 aliphatic heterocycles. The highest BCUT2D eigenvalue weighted by atomic mass is 35.5. The summed E-state index contributed by atoms with van der Waals surface area (Å²) >= 11 is 6.09. The lowest BCUT2D eigenvalue weighted by molar-refractivity contribution is -0.0733. The molecule has 0 N–H and O–H groups in total. The van der Waals surface area contributed by atoms with E-state index in [9.17, 15) is 0 Å². The topological polar surface area (TPSA) is 62.1 Å². The maximum atomic E-state index is 15.8. The van der Waals surface area contributed by atoms with Gasteiger partial charge in [0.25, 0.3) is 0 Å². The zero-order chi connectivity index (χ0) is 19.6. The van der Waals surface area contributed by atoms with E-state index in [1.807, 2.05) is 0 Å². The van der Waals surface area contributed by atoms with E-state index in [0.29, 0.717) is 24.2 Å². The van der Waals surface area contributed by atoms with Gasteiger partial charge in [-0.1, -0.05) is 32.4 Å². The number of fused-ring (bicyclic) bond motifs is 2. The fourth-order valence-electron chi connectivity index (χ4n) is 3.72. The summed E-state index contributed by atoms with van der Waals surface area (Å²) in [7, 11) is -1.92. The molecule has 3 heterocycles. The van der Waals surface area contributed by atoms with Crippen LogP contribution in [0.3, 0.4) is 0 Å². The molecule has 6 nitrogen and oxygen atoms in total. The van der Waals surface area contributed by atoms with E-state index in [1.165, 1.54) is 6.33 Å².